The SMILES string of the molecule is CC1(COc2ccc(N(c3ccc(/C=N/N(c4ccccc4)c4ccccc4)cc3)c3ccc(/C=N/N(c4ccccc4)c4ccccc4)cc3)cc2)COC1. The first kappa shape index (κ1) is 36.0. The van der Waals surface area contributed by atoms with Crippen LogP contribution in [-0.4, -0.2) is 32.2 Å². The first-order valence-corrected chi connectivity index (χ1v) is 18.8. The van der Waals surface area contributed by atoms with Crippen molar-refractivity contribution in [2.24, 2.45) is 15.6 Å². The van der Waals surface area contributed by atoms with Crippen LogP contribution in [0.4, 0.5) is 39.8 Å². The van der Waals surface area contributed by atoms with E-state index in [4.69, 9.17) is 19.7 Å². The van der Waals surface area contributed by atoms with Crippen molar-refractivity contribution in [1.29, 1.82) is 0 Å². The van der Waals surface area contributed by atoms with Crippen LogP contribution in [0.15, 0.2) is 204 Å². The minimum absolute atomic E-state index is 0.0687. The summed E-state index contributed by atoms with van der Waals surface area (Å²) in [5.74, 6) is 0.836. The average Bonchev–Trinajstić information content (AvgIpc) is 3.25. The topological polar surface area (TPSA) is 52.9 Å². The molecule has 0 spiro atoms. The molecule has 0 radical (unpaired) electrons. The van der Waals surface area contributed by atoms with Crippen LogP contribution in [0.25, 0.3) is 0 Å². The number of anilines is 7. The molecule has 0 amide bonds. The summed E-state index contributed by atoms with van der Waals surface area (Å²) >= 11 is 0. The molecule has 1 saturated heterocycles. The van der Waals surface area contributed by atoms with Gasteiger partial charge in [-0.05, 0) is 108 Å². The van der Waals surface area contributed by atoms with Crippen molar-refractivity contribution in [3.8, 4) is 5.75 Å². The second-order valence-corrected chi connectivity index (χ2v) is 14.1. The maximum Gasteiger partial charge on any atom is 0.119 e. The van der Waals surface area contributed by atoms with Crippen LogP contribution in [0.3, 0.4) is 0 Å². The van der Waals surface area contributed by atoms with E-state index >= 15 is 0 Å². The van der Waals surface area contributed by atoms with E-state index < -0.39 is 0 Å². The fourth-order valence-electron chi connectivity index (χ4n) is 6.44. The third kappa shape index (κ3) is 8.70. The molecular formula is C49H43N5O2. The molecule has 7 aromatic carbocycles. The number of hydrogen-bond donors (Lipinski definition) is 0. The lowest BCUT2D eigenvalue weighted by Crippen LogP contribution is -2.44. The molecule has 276 valence electrons. The van der Waals surface area contributed by atoms with Gasteiger partial charge in [0, 0.05) is 22.5 Å². The quantitative estimate of drug-likeness (QED) is 0.0823. The van der Waals surface area contributed by atoms with E-state index in [0.717, 1.165) is 69.9 Å². The summed E-state index contributed by atoms with van der Waals surface area (Å²) in [6, 6.07) is 65.9. The highest BCUT2D eigenvalue weighted by Gasteiger charge is 2.34. The molecule has 56 heavy (non-hydrogen) atoms. The normalized spacial score (nSPS) is 13.3. The summed E-state index contributed by atoms with van der Waals surface area (Å²) in [5.41, 5.74) is 9.02. The van der Waals surface area contributed by atoms with Crippen molar-refractivity contribution in [2.45, 2.75) is 6.92 Å². The lowest BCUT2D eigenvalue weighted by molar-refractivity contribution is -0.120. The molecule has 1 heterocycles. The Kier molecular flexibility index (Phi) is 11.0. The van der Waals surface area contributed by atoms with Crippen LogP contribution in [0.5, 0.6) is 5.75 Å². The smallest absolute Gasteiger partial charge is 0.119 e. The number of rotatable bonds is 14. The van der Waals surface area contributed by atoms with Gasteiger partial charge >= 0.3 is 0 Å². The van der Waals surface area contributed by atoms with Crippen molar-refractivity contribution < 1.29 is 9.47 Å². The van der Waals surface area contributed by atoms with Gasteiger partial charge in [-0.3, -0.25) is 0 Å². The third-order valence-electron chi connectivity index (χ3n) is 9.53. The molecule has 7 heteroatoms. The van der Waals surface area contributed by atoms with Gasteiger partial charge in [0.25, 0.3) is 0 Å². The van der Waals surface area contributed by atoms with Gasteiger partial charge in [-0.15, -0.1) is 0 Å². The fraction of sp³-hybridized carbons (Fsp3) is 0.102. The minimum Gasteiger partial charge on any atom is -0.493 e. The van der Waals surface area contributed by atoms with Gasteiger partial charge in [0.15, 0.2) is 0 Å². The van der Waals surface area contributed by atoms with Gasteiger partial charge < -0.3 is 14.4 Å². The van der Waals surface area contributed by atoms with E-state index in [0.29, 0.717) is 6.61 Å². The summed E-state index contributed by atoms with van der Waals surface area (Å²) in [7, 11) is 0. The Morgan fingerprint density at radius 3 is 1.12 bits per heavy atom. The Hall–Kier alpha value is -6.96. The molecule has 0 saturated carbocycles. The molecule has 0 bridgehead atoms. The van der Waals surface area contributed by atoms with Crippen LogP contribution in [0.2, 0.25) is 0 Å². The Morgan fingerprint density at radius 2 is 0.804 bits per heavy atom. The van der Waals surface area contributed by atoms with Crippen LogP contribution in [-0.2, 0) is 4.74 Å². The molecule has 0 atom stereocenters. The van der Waals surface area contributed by atoms with E-state index in [2.05, 4.69) is 121 Å². The molecular weight excluding hydrogens is 691 g/mol. The molecule has 1 fully saturated rings. The van der Waals surface area contributed by atoms with Gasteiger partial charge in [-0.2, -0.15) is 10.2 Å². The molecule has 0 aliphatic carbocycles. The number of hydrazone groups is 2. The number of benzene rings is 7. The number of nitrogens with zero attached hydrogens (tertiary/aromatic N) is 5. The van der Waals surface area contributed by atoms with Gasteiger partial charge in [0.05, 0.1) is 55.0 Å². The van der Waals surface area contributed by atoms with Crippen molar-refractivity contribution >= 4 is 52.2 Å². The molecule has 0 N–H and O–H groups in total. The third-order valence-corrected chi connectivity index (χ3v) is 9.53. The van der Waals surface area contributed by atoms with Crippen molar-refractivity contribution in [3.63, 3.8) is 0 Å². The van der Waals surface area contributed by atoms with Crippen molar-refractivity contribution in [2.75, 3.05) is 34.7 Å². The highest BCUT2D eigenvalue weighted by molar-refractivity contribution is 5.86. The number of hydrogen-bond acceptors (Lipinski definition) is 7. The second-order valence-electron chi connectivity index (χ2n) is 14.1. The van der Waals surface area contributed by atoms with Gasteiger partial charge in [-0.1, -0.05) is 104 Å². The first-order chi connectivity index (χ1) is 27.6. The lowest BCUT2D eigenvalue weighted by Gasteiger charge is -2.37. The monoisotopic (exact) mass is 733 g/mol. The molecule has 0 aromatic heterocycles. The molecule has 1 aliphatic heterocycles. The Bertz CT molecular complexity index is 2120. The maximum absolute atomic E-state index is 6.18. The number of para-hydroxylation sites is 4. The summed E-state index contributed by atoms with van der Waals surface area (Å²) in [6.45, 7) is 4.28. The molecule has 7 aromatic rings. The molecule has 0 unspecified atom stereocenters. The highest BCUT2D eigenvalue weighted by Crippen LogP contribution is 2.36. The zero-order valence-corrected chi connectivity index (χ0v) is 31.3. The van der Waals surface area contributed by atoms with E-state index in [-0.39, 0.29) is 5.41 Å². The van der Waals surface area contributed by atoms with Crippen LogP contribution < -0.4 is 19.7 Å². The maximum atomic E-state index is 6.18. The molecule has 8 rings (SSSR count). The van der Waals surface area contributed by atoms with Gasteiger partial charge in [0.1, 0.15) is 5.75 Å². The standard InChI is InChI=1S/C49H43N5O2/c1-49(36-55-37-49)38-56-48-32-30-43(31-33-48)52(41-26-22-39(23-27-41)34-50-53(44-14-6-2-7-15-44)45-16-8-3-9-17-45)42-28-24-40(25-29-42)35-51-54(46-18-10-4-11-19-46)47-20-12-5-13-21-47/h2-35H,36-38H2,1H3/b50-34+,51-35+. The minimum atomic E-state index is 0.0687. The van der Waals surface area contributed by atoms with Crippen LogP contribution >= 0.6 is 0 Å². The predicted octanol–water partition coefficient (Wildman–Crippen LogP) is 11.9. The van der Waals surface area contributed by atoms with E-state index in [1.54, 1.807) is 0 Å². The van der Waals surface area contributed by atoms with E-state index in [9.17, 15) is 0 Å². The summed E-state index contributed by atoms with van der Waals surface area (Å²) in [6.07, 6.45) is 3.80. The van der Waals surface area contributed by atoms with Gasteiger partial charge in [0.2, 0.25) is 0 Å². The fourth-order valence-corrected chi connectivity index (χ4v) is 6.44. The second kappa shape index (κ2) is 17.0. The summed E-state index contributed by atoms with van der Waals surface area (Å²) in [4.78, 5) is 2.24. The molecule has 1 aliphatic rings. The average molecular weight is 734 g/mol. The van der Waals surface area contributed by atoms with Gasteiger partial charge in [-0.25, -0.2) is 10.0 Å². The Morgan fingerprint density at radius 1 is 0.464 bits per heavy atom. The summed E-state index contributed by atoms with van der Waals surface area (Å²) < 4.78 is 11.6. The first-order valence-electron chi connectivity index (χ1n) is 18.8. The largest absolute Gasteiger partial charge is 0.493 e. The zero-order chi connectivity index (χ0) is 38.0. The van der Waals surface area contributed by atoms with Crippen LogP contribution in [0.1, 0.15) is 18.1 Å². The van der Waals surface area contributed by atoms with E-state index in [1.165, 1.54) is 0 Å². The lowest BCUT2D eigenvalue weighted by atomic mass is 9.90. The summed E-state index contributed by atoms with van der Waals surface area (Å²) in [5, 5.41) is 13.7. The van der Waals surface area contributed by atoms with Crippen molar-refractivity contribution in [3.05, 3.63) is 205 Å². The highest BCUT2D eigenvalue weighted by atomic mass is 16.5. The van der Waals surface area contributed by atoms with E-state index in [1.807, 2.05) is 107 Å². The molecule has 7 nitrogen and oxygen atoms in total. The van der Waals surface area contributed by atoms with Crippen LogP contribution in [0, 0.1) is 5.41 Å². The Balaban J connectivity index is 1.07. The van der Waals surface area contributed by atoms with Crippen molar-refractivity contribution in [1.82, 2.24) is 0 Å². The number of ether oxygens (including phenoxy) is 2. The Labute approximate surface area is 329 Å². The predicted molar refractivity (Wildman–Crippen MR) is 231 cm³/mol. The zero-order valence-electron chi connectivity index (χ0n) is 31.3.